The second-order valence-corrected chi connectivity index (χ2v) is 6.99. The minimum Gasteiger partial charge on any atom is -0.497 e. The number of ether oxygens (including phenoxy) is 2. The molecule has 1 aliphatic heterocycles. The fraction of sp³-hybridized carbons (Fsp3) is 0.200. The van der Waals surface area contributed by atoms with E-state index in [-0.39, 0.29) is 5.91 Å². The molecule has 2 aromatic rings. The molecule has 6 nitrogen and oxygen atoms in total. The number of hydrogen-bond acceptors (Lipinski definition) is 4. The Labute approximate surface area is 173 Å². The highest BCUT2D eigenvalue weighted by molar-refractivity contribution is 7.80. The molecule has 0 aromatic heterocycles. The van der Waals surface area contributed by atoms with Crippen molar-refractivity contribution in [1.82, 2.24) is 10.6 Å². The van der Waals surface area contributed by atoms with Crippen LogP contribution in [0.2, 0.25) is 5.02 Å². The first-order valence-corrected chi connectivity index (χ1v) is 9.28. The molecular formula is C20H20ClN3O3S. The zero-order valence-electron chi connectivity index (χ0n) is 15.6. The Morgan fingerprint density at radius 2 is 1.96 bits per heavy atom. The van der Waals surface area contributed by atoms with E-state index in [1.807, 2.05) is 19.1 Å². The van der Waals surface area contributed by atoms with Gasteiger partial charge in [-0.15, -0.1) is 0 Å². The summed E-state index contributed by atoms with van der Waals surface area (Å²) in [6.07, 6.45) is 0. The number of allylic oxidation sites excluding steroid dienone is 1. The van der Waals surface area contributed by atoms with E-state index in [9.17, 15) is 4.79 Å². The van der Waals surface area contributed by atoms with Gasteiger partial charge in [0.05, 0.1) is 25.8 Å². The maximum absolute atomic E-state index is 13.1. The first kappa shape index (κ1) is 20.0. The summed E-state index contributed by atoms with van der Waals surface area (Å²) in [6, 6.07) is 11.9. The number of halogens is 1. The van der Waals surface area contributed by atoms with Crippen molar-refractivity contribution >= 4 is 40.5 Å². The normalized spacial score (nSPS) is 16.1. The van der Waals surface area contributed by atoms with E-state index in [0.29, 0.717) is 38.6 Å². The zero-order chi connectivity index (χ0) is 20.3. The van der Waals surface area contributed by atoms with Crippen molar-refractivity contribution in [2.45, 2.75) is 13.0 Å². The van der Waals surface area contributed by atoms with Crippen LogP contribution >= 0.6 is 23.8 Å². The van der Waals surface area contributed by atoms with E-state index >= 15 is 0 Å². The average Bonchev–Trinajstić information content (AvgIpc) is 2.66. The number of nitrogens with one attached hydrogen (secondary N) is 3. The summed E-state index contributed by atoms with van der Waals surface area (Å²) in [5.74, 6) is 0.968. The maximum atomic E-state index is 13.1. The maximum Gasteiger partial charge on any atom is 0.255 e. The van der Waals surface area contributed by atoms with E-state index in [1.54, 1.807) is 44.6 Å². The lowest BCUT2D eigenvalue weighted by atomic mass is 9.94. The molecule has 1 amide bonds. The molecule has 8 heteroatoms. The number of methoxy groups -OCH3 is 2. The van der Waals surface area contributed by atoms with E-state index in [2.05, 4.69) is 16.0 Å². The van der Waals surface area contributed by atoms with Crippen LogP contribution in [0.4, 0.5) is 5.69 Å². The lowest BCUT2D eigenvalue weighted by Crippen LogP contribution is -2.45. The highest BCUT2D eigenvalue weighted by Gasteiger charge is 2.32. The van der Waals surface area contributed by atoms with E-state index in [1.165, 1.54) is 0 Å². The van der Waals surface area contributed by atoms with Crippen LogP contribution in [0.3, 0.4) is 0 Å². The Morgan fingerprint density at radius 1 is 1.18 bits per heavy atom. The van der Waals surface area contributed by atoms with Crippen molar-refractivity contribution in [1.29, 1.82) is 0 Å². The van der Waals surface area contributed by atoms with Crippen molar-refractivity contribution in [2.75, 3.05) is 19.5 Å². The second-order valence-electron chi connectivity index (χ2n) is 6.14. The fourth-order valence-corrected chi connectivity index (χ4v) is 3.51. The summed E-state index contributed by atoms with van der Waals surface area (Å²) < 4.78 is 10.8. The van der Waals surface area contributed by atoms with Gasteiger partial charge in [0, 0.05) is 28.0 Å². The first-order chi connectivity index (χ1) is 13.4. The predicted octanol–water partition coefficient (Wildman–Crippen LogP) is 3.79. The summed E-state index contributed by atoms with van der Waals surface area (Å²) in [5.41, 5.74) is 2.53. The first-order valence-electron chi connectivity index (χ1n) is 8.50. The van der Waals surface area contributed by atoms with Crippen molar-refractivity contribution in [3.8, 4) is 11.5 Å². The minimum absolute atomic E-state index is 0.273. The van der Waals surface area contributed by atoms with Gasteiger partial charge in [-0.1, -0.05) is 17.7 Å². The lowest BCUT2D eigenvalue weighted by Gasteiger charge is -2.31. The van der Waals surface area contributed by atoms with Crippen molar-refractivity contribution in [3.63, 3.8) is 0 Å². The summed E-state index contributed by atoms with van der Waals surface area (Å²) in [5, 5.41) is 10.0. The molecule has 0 spiro atoms. The molecule has 0 bridgehead atoms. The largest absolute Gasteiger partial charge is 0.497 e. The number of benzene rings is 2. The van der Waals surface area contributed by atoms with Gasteiger partial charge in [0.15, 0.2) is 5.11 Å². The van der Waals surface area contributed by atoms with Gasteiger partial charge in [0.1, 0.15) is 11.5 Å². The predicted molar refractivity (Wildman–Crippen MR) is 114 cm³/mol. The fourth-order valence-electron chi connectivity index (χ4n) is 3.05. The average molecular weight is 418 g/mol. The van der Waals surface area contributed by atoms with Gasteiger partial charge < -0.3 is 25.4 Å². The summed E-state index contributed by atoms with van der Waals surface area (Å²) in [7, 11) is 3.15. The van der Waals surface area contributed by atoms with Crippen LogP contribution in [0.25, 0.3) is 0 Å². The third kappa shape index (κ3) is 4.21. The van der Waals surface area contributed by atoms with Gasteiger partial charge in [-0.05, 0) is 49.5 Å². The summed E-state index contributed by atoms with van der Waals surface area (Å²) >= 11 is 11.3. The van der Waals surface area contributed by atoms with Crippen molar-refractivity contribution in [3.05, 3.63) is 64.3 Å². The third-order valence-electron chi connectivity index (χ3n) is 4.35. The van der Waals surface area contributed by atoms with Crippen LogP contribution in [0.5, 0.6) is 11.5 Å². The monoisotopic (exact) mass is 417 g/mol. The van der Waals surface area contributed by atoms with Gasteiger partial charge in [-0.2, -0.15) is 0 Å². The number of hydrogen-bond donors (Lipinski definition) is 3. The molecule has 0 fully saturated rings. The molecule has 28 heavy (non-hydrogen) atoms. The summed E-state index contributed by atoms with van der Waals surface area (Å²) in [6.45, 7) is 1.81. The molecule has 1 heterocycles. The Bertz CT molecular complexity index is 961. The Morgan fingerprint density at radius 3 is 2.64 bits per heavy atom. The standard InChI is InChI=1S/C20H20ClN3O3S/c1-11-17(19(25)23-13-6-4-5-12(21)9-13)18(24-20(28)22-11)15-8-7-14(26-2)10-16(15)27-3/h4-10,18H,1-3H3,(H,23,25)(H2,22,24,28). The SMILES string of the molecule is COc1ccc(C2NC(=S)NC(C)=C2C(=O)Nc2cccc(Cl)c2)c(OC)c1. The van der Waals surface area contributed by atoms with E-state index in [4.69, 9.17) is 33.3 Å². The molecule has 3 N–H and O–H groups in total. The second kappa shape index (κ2) is 8.50. The molecule has 0 radical (unpaired) electrons. The molecule has 0 aliphatic carbocycles. The number of carbonyl (C=O) groups is 1. The number of thiocarbonyl (C=S) groups is 1. The van der Waals surface area contributed by atoms with Gasteiger partial charge in [0.25, 0.3) is 5.91 Å². The van der Waals surface area contributed by atoms with E-state index in [0.717, 1.165) is 5.56 Å². The number of rotatable bonds is 5. The van der Waals surface area contributed by atoms with Crippen LogP contribution in [-0.4, -0.2) is 25.2 Å². The van der Waals surface area contributed by atoms with Crippen LogP contribution in [0.1, 0.15) is 18.5 Å². The summed E-state index contributed by atoms with van der Waals surface area (Å²) in [4.78, 5) is 13.1. The minimum atomic E-state index is -0.492. The van der Waals surface area contributed by atoms with Crippen molar-refractivity contribution in [2.24, 2.45) is 0 Å². The lowest BCUT2D eigenvalue weighted by molar-refractivity contribution is -0.113. The molecule has 2 aromatic carbocycles. The quantitative estimate of drug-likeness (QED) is 0.643. The zero-order valence-corrected chi connectivity index (χ0v) is 17.2. The number of carbonyl (C=O) groups excluding carboxylic acids is 1. The molecule has 1 aliphatic rings. The van der Waals surface area contributed by atoms with Gasteiger partial charge in [0.2, 0.25) is 0 Å². The molecule has 3 rings (SSSR count). The molecule has 1 atom stereocenters. The highest BCUT2D eigenvalue weighted by atomic mass is 35.5. The van der Waals surface area contributed by atoms with Gasteiger partial charge in [-0.3, -0.25) is 4.79 Å². The number of amides is 1. The van der Waals surface area contributed by atoms with Crippen molar-refractivity contribution < 1.29 is 14.3 Å². The number of anilines is 1. The Balaban J connectivity index is 2.00. The topological polar surface area (TPSA) is 71.6 Å². The smallest absolute Gasteiger partial charge is 0.255 e. The molecular weight excluding hydrogens is 398 g/mol. The highest BCUT2D eigenvalue weighted by Crippen LogP contribution is 2.35. The van der Waals surface area contributed by atoms with Crippen LogP contribution < -0.4 is 25.4 Å². The van der Waals surface area contributed by atoms with Gasteiger partial charge in [-0.25, -0.2) is 0 Å². The Hall–Kier alpha value is -2.77. The van der Waals surface area contributed by atoms with Crippen LogP contribution in [0.15, 0.2) is 53.7 Å². The van der Waals surface area contributed by atoms with Crippen LogP contribution in [0, 0.1) is 0 Å². The third-order valence-corrected chi connectivity index (χ3v) is 4.80. The van der Waals surface area contributed by atoms with Gasteiger partial charge >= 0.3 is 0 Å². The molecule has 146 valence electrons. The van der Waals surface area contributed by atoms with E-state index < -0.39 is 6.04 Å². The molecule has 0 saturated carbocycles. The molecule has 0 saturated heterocycles. The Kier molecular flexibility index (Phi) is 6.06. The van der Waals surface area contributed by atoms with Crippen LogP contribution in [-0.2, 0) is 4.79 Å². The molecule has 1 unspecified atom stereocenters.